The van der Waals surface area contributed by atoms with E-state index in [1.807, 2.05) is 18.8 Å². The van der Waals surface area contributed by atoms with Gasteiger partial charge in [-0.2, -0.15) is 5.10 Å². The third kappa shape index (κ3) is 2.79. The lowest BCUT2D eigenvalue weighted by Crippen LogP contribution is -2.20. The first-order valence-corrected chi connectivity index (χ1v) is 4.90. The van der Waals surface area contributed by atoms with E-state index in [4.69, 9.17) is 5.11 Å². The zero-order valence-corrected chi connectivity index (χ0v) is 9.45. The highest BCUT2D eigenvalue weighted by Crippen LogP contribution is 2.15. The van der Waals surface area contributed by atoms with Gasteiger partial charge >= 0.3 is 0 Å². The SMILES string of the molecule is CN(C)CCn1ncc(Br)c1CO. The maximum Gasteiger partial charge on any atom is 0.0861 e. The van der Waals surface area contributed by atoms with Crippen LogP contribution in [0, 0.1) is 0 Å². The molecule has 13 heavy (non-hydrogen) atoms. The molecule has 0 atom stereocenters. The Kier molecular flexibility index (Phi) is 3.90. The number of nitrogens with zero attached hydrogens (tertiary/aromatic N) is 3. The van der Waals surface area contributed by atoms with Crippen molar-refractivity contribution in [1.29, 1.82) is 0 Å². The molecule has 1 rings (SSSR count). The monoisotopic (exact) mass is 247 g/mol. The van der Waals surface area contributed by atoms with Gasteiger partial charge in [0.2, 0.25) is 0 Å². The topological polar surface area (TPSA) is 41.3 Å². The third-order valence-electron chi connectivity index (χ3n) is 1.81. The zero-order valence-electron chi connectivity index (χ0n) is 7.87. The zero-order chi connectivity index (χ0) is 9.84. The molecule has 1 aromatic heterocycles. The number of rotatable bonds is 4. The number of halogens is 1. The fourth-order valence-corrected chi connectivity index (χ4v) is 1.45. The second-order valence-electron chi connectivity index (χ2n) is 3.12. The number of hydrogen-bond acceptors (Lipinski definition) is 3. The maximum atomic E-state index is 9.05. The van der Waals surface area contributed by atoms with E-state index in [0.29, 0.717) is 0 Å². The highest BCUT2D eigenvalue weighted by molar-refractivity contribution is 9.10. The minimum Gasteiger partial charge on any atom is -0.390 e. The van der Waals surface area contributed by atoms with E-state index in [9.17, 15) is 0 Å². The van der Waals surface area contributed by atoms with Crippen molar-refractivity contribution in [2.75, 3.05) is 20.6 Å². The summed E-state index contributed by atoms with van der Waals surface area (Å²) in [6, 6.07) is 0. The molecule has 0 aliphatic rings. The van der Waals surface area contributed by atoms with Crippen molar-refractivity contribution < 1.29 is 5.11 Å². The molecule has 1 aromatic rings. The van der Waals surface area contributed by atoms with Crippen molar-refractivity contribution in [2.45, 2.75) is 13.2 Å². The largest absolute Gasteiger partial charge is 0.390 e. The third-order valence-corrected chi connectivity index (χ3v) is 2.47. The lowest BCUT2D eigenvalue weighted by atomic mass is 10.4. The van der Waals surface area contributed by atoms with Gasteiger partial charge in [-0.25, -0.2) is 0 Å². The molecule has 0 radical (unpaired) electrons. The van der Waals surface area contributed by atoms with Gasteiger partial charge in [0.05, 0.1) is 29.5 Å². The highest BCUT2D eigenvalue weighted by atomic mass is 79.9. The van der Waals surface area contributed by atoms with Gasteiger partial charge in [-0.3, -0.25) is 4.68 Å². The molecule has 0 unspecified atom stereocenters. The van der Waals surface area contributed by atoms with E-state index in [-0.39, 0.29) is 6.61 Å². The first-order valence-electron chi connectivity index (χ1n) is 4.11. The summed E-state index contributed by atoms with van der Waals surface area (Å²) in [7, 11) is 4.02. The van der Waals surface area contributed by atoms with E-state index >= 15 is 0 Å². The van der Waals surface area contributed by atoms with E-state index in [1.165, 1.54) is 0 Å². The molecule has 74 valence electrons. The summed E-state index contributed by atoms with van der Waals surface area (Å²) in [5.41, 5.74) is 0.835. The van der Waals surface area contributed by atoms with Crippen molar-refractivity contribution >= 4 is 15.9 Å². The van der Waals surface area contributed by atoms with Gasteiger partial charge in [0.15, 0.2) is 0 Å². The Morgan fingerprint density at radius 2 is 2.31 bits per heavy atom. The molecule has 0 amide bonds. The van der Waals surface area contributed by atoms with Gasteiger partial charge in [-0.15, -0.1) is 0 Å². The number of hydrogen-bond donors (Lipinski definition) is 1. The minimum absolute atomic E-state index is 0.0218. The van der Waals surface area contributed by atoms with Crippen molar-refractivity contribution in [3.63, 3.8) is 0 Å². The summed E-state index contributed by atoms with van der Waals surface area (Å²) in [6.45, 7) is 1.74. The number of aliphatic hydroxyl groups is 1. The lowest BCUT2D eigenvalue weighted by molar-refractivity contribution is 0.263. The predicted octanol–water partition coefficient (Wildman–Crippen LogP) is 0.699. The second-order valence-corrected chi connectivity index (χ2v) is 3.98. The van der Waals surface area contributed by atoms with E-state index in [2.05, 4.69) is 25.9 Å². The van der Waals surface area contributed by atoms with Crippen LogP contribution in [0.1, 0.15) is 5.69 Å². The van der Waals surface area contributed by atoms with Gasteiger partial charge in [0.1, 0.15) is 0 Å². The molecule has 0 spiro atoms. The number of aliphatic hydroxyl groups excluding tert-OH is 1. The molecular formula is C8H14BrN3O. The molecule has 0 bridgehead atoms. The number of likely N-dealkylation sites (N-methyl/N-ethyl adjacent to an activating group) is 1. The van der Waals surface area contributed by atoms with Gasteiger partial charge in [0, 0.05) is 6.54 Å². The van der Waals surface area contributed by atoms with Crippen LogP contribution in [0.3, 0.4) is 0 Å². The Hall–Kier alpha value is -0.390. The molecule has 0 saturated carbocycles. The smallest absolute Gasteiger partial charge is 0.0861 e. The van der Waals surface area contributed by atoms with Crippen molar-refractivity contribution in [3.8, 4) is 0 Å². The first-order chi connectivity index (χ1) is 6.15. The van der Waals surface area contributed by atoms with Crippen molar-refractivity contribution in [2.24, 2.45) is 0 Å². The molecule has 5 heteroatoms. The Balaban J connectivity index is 2.65. The van der Waals surface area contributed by atoms with Crippen molar-refractivity contribution in [3.05, 3.63) is 16.4 Å². The number of aromatic nitrogens is 2. The van der Waals surface area contributed by atoms with Gasteiger partial charge in [-0.05, 0) is 30.0 Å². The van der Waals surface area contributed by atoms with Crippen LogP contribution in [0.15, 0.2) is 10.7 Å². The second kappa shape index (κ2) is 4.74. The Morgan fingerprint density at radius 1 is 1.62 bits per heavy atom. The summed E-state index contributed by atoms with van der Waals surface area (Å²) in [6.07, 6.45) is 1.71. The summed E-state index contributed by atoms with van der Waals surface area (Å²) >= 11 is 3.33. The molecule has 0 fully saturated rings. The molecule has 4 nitrogen and oxygen atoms in total. The van der Waals surface area contributed by atoms with Crippen LogP contribution < -0.4 is 0 Å². The summed E-state index contributed by atoms with van der Waals surface area (Å²) < 4.78 is 2.68. The highest BCUT2D eigenvalue weighted by Gasteiger charge is 2.06. The average molecular weight is 248 g/mol. The summed E-state index contributed by atoms with van der Waals surface area (Å²) in [5.74, 6) is 0. The average Bonchev–Trinajstić information content (AvgIpc) is 2.42. The maximum absolute atomic E-state index is 9.05. The van der Waals surface area contributed by atoms with E-state index < -0.39 is 0 Å². The van der Waals surface area contributed by atoms with Crippen LogP contribution in [-0.4, -0.2) is 40.4 Å². The van der Waals surface area contributed by atoms with Crippen LogP contribution >= 0.6 is 15.9 Å². The standard InChI is InChI=1S/C8H14BrN3O/c1-11(2)3-4-12-8(6-13)7(9)5-10-12/h5,13H,3-4,6H2,1-2H3. The Morgan fingerprint density at radius 3 is 2.85 bits per heavy atom. The fraction of sp³-hybridized carbons (Fsp3) is 0.625. The van der Waals surface area contributed by atoms with Crippen molar-refractivity contribution in [1.82, 2.24) is 14.7 Å². The van der Waals surface area contributed by atoms with Crippen LogP contribution in [0.25, 0.3) is 0 Å². The van der Waals surface area contributed by atoms with Crippen LogP contribution in [0.2, 0.25) is 0 Å². The molecule has 1 N–H and O–H groups in total. The molecule has 1 heterocycles. The van der Waals surface area contributed by atoms with Crippen LogP contribution in [0.4, 0.5) is 0 Å². The van der Waals surface area contributed by atoms with Crippen LogP contribution in [0.5, 0.6) is 0 Å². The molecular weight excluding hydrogens is 234 g/mol. The molecule has 0 aliphatic carbocycles. The fourth-order valence-electron chi connectivity index (χ4n) is 1.03. The predicted molar refractivity (Wildman–Crippen MR) is 54.4 cm³/mol. The van der Waals surface area contributed by atoms with Gasteiger partial charge < -0.3 is 10.0 Å². The lowest BCUT2D eigenvalue weighted by Gasteiger charge is -2.10. The van der Waals surface area contributed by atoms with Gasteiger partial charge in [0.25, 0.3) is 0 Å². The minimum atomic E-state index is 0.0218. The normalized spacial score (nSPS) is 11.2. The van der Waals surface area contributed by atoms with Crippen LogP contribution in [-0.2, 0) is 13.2 Å². The van der Waals surface area contributed by atoms with Gasteiger partial charge in [-0.1, -0.05) is 0 Å². The molecule has 0 aromatic carbocycles. The molecule has 0 saturated heterocycles. The Bertz CT molecular complexity index is 272. The summed E-state index contributed by atoms with van der Waals surface area (Å²) in [4.78, 5) is 2.08. The summed E-state index contributed by atoms with van der Waals surface area (Å²) in [5, 5.41) is 13.2. The van der Waals surface area contributed by atoms with E-state index in [0.717, 1.165) is 23.3 Å². The first kappa shape index (κ1) is 10.7. The quantitative estimate of drug-likeness (QED) is 0.852. The molecule has 0 aliphatic heterocycles. The Labute approximate surface area is 86.3 Å². The van der Waals surface area contributed by atoms with E-state index in [1.54, 1.807) is 6.20 Å².